The molecule has 0 saturated carbocycles. The van der Waals surface area contributed by atoms with Crippen molar-refractivity contribution in [2.24, 2.45) is 0 Å². The number of carbonyl (C=O) groups is 2. The quantitative estimate of drug-likeness (QED) is 0.732. The fourth-order valence-electron chi connectivity index (χ4n) is 0.412. The summed E-state index contributed by atoms with van der Waals surface area (Å²) in [5.74, 6) is -0.0887. The predicted octanol–water partition coefficient (Wildman–Crippen LogP) is 1.69. The number of carbonyl (C=O) groups excluding carboxylic acids is 2. The van der Waals surface area contributed by atoms with E-state index in [1.807, 2.05) is 0 Å². The van der Waals surface area contributed by atoms with E-state index >= 15 is 0 Å². The van der Waals surface area contributed by atoms with Gasteiger partial charge in [-0.15, -0.1) is 0 Å². The average Bonchev–Trinajstić information content (AvgIpc) is 1.84. The van der Waals surface area contributed by atoms with E-state index in [9.17, 15) is 9.59 Å². The minimum atomic E-state index is -0.398. The number of hydrogen-bond acceptors (Lipinski definition) is 2. The van der Waals surface area contributed by atoms with Gasteiger partial charge >= 0.3 is 0 Å². The summed E-state index contributed by atoms with van der Waals surface area (Å²) in [5.41, 5.74) is 0. The highest BCUT2D eigenvalue weighted by atomic mass is 79.9. The van der Waals surface area contributed by atoms with E-state index in [1.165, 1.54) is 13.8 Å². The van der Waals surface area contributed by atoms with Gasteiger partial charge in [0.1, 0.15) is 11.6 Å². The van der Waals surface area contributed by atoms with E-state index in [4.69, 9.17) is 0 Å². The Labute approximate surface area is 76.6 Å². The predicted molar refractivity (Wildman–Crippen MR) is 46.8 cm³/mol. The first kappa shape index (κ1) is 10.3. The SMILES string of the molecule is CC(=O)[C@@H](Br)[C@H](Br)C(C)=O. The molecule has 0 radical (unpaired) electrons. The van der Waals surface area contributed by atoms with E-state index in [1.54, 1.807) is 0 Å². The fraction of sp³-hybridized carbons (Fsp3) is 0.667. The van der Waals surface area contributed by atoms with Crippen LogP contribution < -0.4 is 0 Å². The normalized spacial score (nSPS) is 16.0. The van der Waals surface area contributed by atoms with Crippen LogP contribution in [-0.2, 0) is 9.59 Å². The van der Waals surface area contributed by atoms with Crippen LogP contribution in [0.2, 0.25) is 0 Å². The Kier molecular flexibility index (Phi) is 4.36. The summed E-state index contributed by atoms with van der Waals surface area (Å²) >= 11 is 6.18. The van der Waals surface area contributed by atoms with Crippen LogP contribution in [-0.4, -0.2) is 21.2 Å². The number of Topliss-reactive ketones (excluding diaryl/α,β-unsaturated/α-hetero) is 2. The van der Waals surface area contributed by atoms with Crippen LogP contribution in [0.15, 0.2) is 0 Å². The molecule has 0 aromatic rings. The van der Waals surface area contributed by atoms with Crippen molar-refractivity contribution in [2.45, 2.75) is 23.5 Å². The minimum absolute atomic E-state index is 0.0444. The molecule has 0 aromatic heterocycles. The maximum atomic E-state index is 10.7. The smallest absolute Gasteiger partial charge is 0.145 e. The molecule has 0 amide bonds. The average molecular weight is 272 g/mol. The Morgan fingerprint density at radius 1 is 1.00 bits per heavy atom. The number of halogens is 2. The van der Waals surface area contributed by atoms with Crippen LogP contribution in [0.4, 0.5) is 0 Å². The number of alkyl halides is 2. The van der Waals surface area contributed by atoms with Gasteiger partial charge < -0.3 is 0 Å². The zero-order valence-electron chi connectivity index (χ0n) is 5.73. The Morgan fingerprint density at radius 2 is 1.20 bits per heavy atom. The first-order chi connectivity index (χ1) is 4.46. The molecule has 0 bridgehead atoms. The van der Waals surface area contributed by atoms with Crippen LogP contribution in [0.3, 0.4) is 0 Å². The van der Waals surface area contributed by atoms with Gasteiger partial charge in [-0.1, -0.05) is 31.9 Å². The zero-order valence-corrected chi connectivity index (χ0v) is 8.90. The summed E-state index contributed by atoms with van der Waals surface area (Å²) in [6.45, 7) is 2.88. The Balaban J connectivity index is 4.07. The minimum Gasteiger partial charge on any atom is -0.299 e. The second kappa shape index (κ2) is 4.23. The van der Waals surface area contributed by atoms with E-state index < -0.39 is 9.65 Å². The first-order valence-electron chi connectivity index (χ1n) is 2.76. The number of rotatable bonds is 3. The third kappa shape index (κ3) is 2.92. The van der Waals surface area contributed by atoms with Crippen LogP contribution in [0, 0.1) is 0 Å². The van der Waals surface area contributed by atoms with E-state index in [0.717, 1.165) is 0 Å². The van der Waals surface area contributed by atoms with Crippen molar-refractivity contribution in [3.05, 3.63) is 0 Å². The van der Waals surface area contributed by atoms with Crippen molar-refractivity contribution in [3.63, 3.8) is 0 Å². The molecule has 2 nitrogen and oxygen atoms in total. The second-order valence-corrected chi connectivity index (χ2v) is 4.00. The molecule has 0 rings (SSSR count). The topological polar surface area (TPSA) is 34.1 Å². The summed E-state index contributed by atoms with van der Waals surface area (Å²) in [5, 5.41) is 0. The highest BCUT2D eigenvalue weighted by Gasteiger charge is 2.23. The van der Waals surface area contributed by atoms with Gasteiger partial charge in [0.05, 0.1) is 9.65 Å². The third-order valence-electron chi connectivity index (χ3n) is 1.03. The maximum absolute atomic E-state index is 10.7. The largest absolute Gasteiger partial charge is 0.299 e. The molecule has 0 aliphatic rings. The molecule has 0 fully saturated rings. The molecule has 2 atom stereocenters. The van der Waals surface area contributed by atoms with E-state index in [2.05, 4.69) is 31.9 Å². The highest BCUT2D eigenvalue weighted by molar-refractivity contribution is 9.12. The summed E-state index contributed by atoms with van der Waals surface area (Å²) in [7, 11) is 0. The van der Waals surface area contributed by atoms with Gasteiger partial charge in [0.2, 0.25) is 0 Å². The van der Waals surface area contributed by atoms with Crippen LogP contribution >= 0.6 is 31.9 Å². The molecular weight excluding hydrogens is 264 g/mol. The molecule has 0 saturated heterocycles. The monoisotopic (exact) mass is 270 g/mol. The molecule has 0 aromatic carbocycles. The molecule has 4 heteroatoms. The number of ketones is 2. The first-order valence-corrected chi connectivity index (χ1v) is 4.59. The van der Waals surface area contributed by atoms with Crippen molar-refractivity contribution in [2.75, 3.05) is 0 Å². The summed E-state index contributed by atoms with van der Waals surface area (Å²) in [6.07, 6.45) is 0. The van der Waals surface area contributed by atoms with Gasteiger partial charge in [-0.25, -0.2) is 0 Å². The van der Waals surface area contributed by atoms with Gasteiger partial charge in [0.25, 0.3) is 0 Å². The van der Waals surface area contributed by atoms with E-state index in [0.29, 0.717) is 0 Å². The molecule has 0 aliphatic heterocycles. The van der Waals surface area contributed by atoms with Crippen LogP contribution in [0.25, 0.3) is 0 Å². The highest BCUT2D eigenvalue weighted by Crippen LogP contribution is 2.15. The second-order valence-electron chi connectivity index (χ2n) is 2.02. The van der Waals surface area contributed by atoms with Crippen molar-refractivity contribution in [1.82, 2.24) is 0 Å². The van der Waals surface area contributed by atoms with Crippen LogP contribution in [0.5, 0.6) is 0 Å². The molecular formula is C6H8Br2O2. The summed E-state index contributed by atoms with van der Waals surface area (Å²) in [6, 6.07) is 0. The standard InChI is InChI=1S/C6H8Br2O2/c1-3(9)5(7)6(8)4(2)10/h5-6H,1-2H3/t5-,6-/m1/s1. The molecule has 0 unspecified atom stereocenters. The van der Waals surface area contributed by atoms with Gasteiger partial charge in [0.15, 0.2) is 0 Å². The van der Waals surface area contributed by atoms with Crippen molar-refractivity contribution in [1.29, 1.82) is 0 Å². The summed E-state index contributed by atoms with van der Waals surface area (Å²) in [4.78, 5) is 20.5. The van der Waals surface area contributed by atoms with Gasteiger partial charge in [-0.3, -0.25) is 9.59 Å². The zero-order chi connectivity index (χ0) is 8.31. The lowest BCUT2D eigenvalue weighted by Crippen LogP contribution is -2.27. The molecule has 58 valence electrons. The van der Waals surface area contributed by atoms with Crippen LogP contribution in [0.1, 0.15) is 13.8 Å². The maximum Gasteiger partial charge on any atom is 0.145 e. The summed E-state index contributed by atoms with van der Waals surface area (Å²) < 4.78 is 0. The van der Waals surface area contributed by atoms with E-state index in [-0.39, 0.29) is 11.6 Å². The molecule has 0 heterocycles. The molecule has 0 N–H and O–H groups in total. The lowest BCUT2D eigenvalue weighted by atomic mass is 10.2. The molecule has 0 aliphatic carbocycles. The Hall–Kier alpha value is 0.300. The van der Waals surface area contributed by atoms with Crippen molar-refractivity contribution in [3.8, 4) is 0 Å². The molecule has 0 spiro atoms. The lowest BCUT2D eigenvalue weighted by Gasteiger charge is -2.08. The van der Waals surface area contributed by atoms with Gasteiger partial charge in [-0.2, -0.15) is 0 Å². The molecule has 10 heavy (non-hydrogen) atoms. The third-order valence-corrected chi connectivity index (χ3v) is 4.09. The fourth-order valence-corrected chi connectivity index (χ4v) is 1.16. The van der Waals surface area contributed by atoms with Gasteiger partial charge in [-0.05, 0) is 13.8 Å². The van der Waals surface area contributed by atoms with Crippen molar-refractivity contribution < 1.29 is 9.59 Å². The Bertz CT molecular complexity index is 138. The van der Waals surface area contributed by atoms with Gasteiger partial charge in [0, 0.05) is 0 Å². The Morgan fingerprint density at radius 3 is 1.30 bits per heavy atom. The number of hydrogen-bond donors (Lipinski definition) is 0. The van der Waals surface area contributed by atoms with Crippen molar-refractivity contribution >= 4 is 43.4 Å². The lowest BCUT2D eigenvalue weighted by molar-refractivity contribution is -0.120.